The summed E-state index contributed by atoms with van der Waals surface area (Å²) in [6.45, 7) is 3.62. The zero-order valence-corrected chi connectivity index (χ0v) is 13.6. The van der Waals surface area contributed by atoms with Crippen molar-refractivity contribution in [3.05, 3.63) is 11.9 Å². The van der Waals surface area contributed by atoms with E-state index in [0.717, 1.165) is 16.7 Å². The molecule has 1 N–H and O–H groups in total. The van der Waals surface area contributed by atoms with Crippen molar-refractivity contribution >= 4 is 26.8 Å². The van der Waals surface area contributed by atoms with Crippen LogP contribution in [0.4, 0.5) is 0 Å². The SMILES string of the molecule is Cc1nn(C)c2cnn([C@H](C)C(=O)N[C@H]3CCS(=O)(=O)C3)c12. The lowest BCUT2D eigenvalue weighted by atomic mass is 10.2. The first-order valence-electron chi connectivity index (χ1n) is 7.16. The fourth-order valence-corrected chi connectivity index (χ4v) is 4.58. The Balaban J connectivity index is 1.80. The van der Waals surface area contributed by atoms with Gasteiger partial charge in [-0.25, -0.2) is 13.1 Å². The maximum Gasteiger partial charge on any atom is 0.244 e. The van der Waals surface area contributed by atoms with Crippen LogP contribution in [0.25, 0.3) is 11.0 Å². The molecule has 2 aromatic heterocycles. The summed E-state index contributed by atoms with van der Waals surface area (Å²) in [6, 6.07) is -0.829. The first-order chi connectivity index (χ1) is 10.3. The molecule has 0 spiro atoms. The van der Waals surface area contributed by atoms with E-state index in [1.165, 1.54) is 0 Å². The van der Waals surface area contributed by atoms with Gasteiger partial charge in [0.1, 0.15) is 17.1 Å². The number of aromatic nitrogens is 4. The normalized spacial score (nSPS) is 22.0. The second-order valence-electron chi connectivity index (χ2n) is 5.82. The van der Waals surface area contributed by atoms with Crippen molar-refractivity contribution in [2.45, 2.75) is 32.4 Å². The Morgan fingerprint density at radius 1 is 1.50 bits per heavy atom. The van der Waals surface area contributed by atoms with Gasteiger partial charge in [0.15, 0.2) is 9.84 Å². The first kappa shape index (κ1) is 15.0. The standard InChI is InChI=1S/C13H19N5O3S/c1-8-12-11(17(3)16-8)6-14-18(12)9(2)13(19)15-10-4-5-22(20,21)7-10/h6,9-10H,4-5,7H2,1-3H3,(H,15,19)/t9-,10+/m1/s1. The van der Waals surface area contributed by atoms with E-state index in [9.17, 15) is 13.2 Å². The molecular formula is C13H19N5O3S. The van der Waals surface area contributed by atoms with E-state index in [1.807, 2.05) is 14.0 Å². The summed E-state index contributed by atoms with van der Waals surface area (Å²) < 4.78 is 26.3. The highest BCUT2D eigenvalue weighted by Crippen LogP contribution is 2.21. The van der Waals surface area contributed by atoms with E-state index in [2.05, 4.69) is 15.5 Å². The number of hydrogen-bond donors (Lipinski definition) is 1. The van der Waals surface area contributed by atoms with Gasteiger partial charge >= 0.3 is 0 Å². The van der Waals surface area contributed by atoms with E-state index in [4.69, 9.17) is 0 Å². The number of fused-ring (bicyclic) bond motifs is 1. The van der Waals surface area contributed by atoms with E-state index in [0.29, 0.717) is 6.42 Å². The van der Waals surface area contributed by atoms with Gasteiger partial charge in [0.25, 0.3) is 0 Å². The summed E-state index contributed by atoms with van der Waals surface area (Å²) in [5.74, 6) is -0.0678. The topological polar surface area (TPSA) is 98.9 Å². The van der Waals surface area contributed by atoms with Gasteiger partial charge in [0.05, 0.1) is 23.4 Å². The van der Waals surface area contributed by atoms with Gasteiger partial charge in [0, 0.05) is 13.1 Å². The average molecular weight is 325 g/mol. The summed E-state index contributed by atoms with van der Waals surface area (Å²) in [4.78, 5) is 12.4. The van der Waals surface area contributed by atoms with Crippen LogP contribution in [0.3, 0.4) is 0 Å². The third-order valence-electron chi connectivity index (χ3n) is 4.09. The molecule has 0 saturated carbocycles. The molecule has 1 aliphatic rings. The van der Waals surface area contributed by atoms with Gasteiger partial charge in [-0.15, -0.1) is 0 Å². The van der Waals surface area contributed by atoms with Gasteiger partial charge in [-0.2, -0.15) is 10.2 Å². The monoisotopic (exact) mass is 325 g/mol. The molecule has 0 aliphatic carbocycles. The van der Waals surface area contributed by atoms with Gasteiger partial charge in [-0.05, 0) is 20.3 Å². The molecule has 0 radical (unpaired) electrons. The molecule has 0 aromatic carbocycles. The highest BCUT2D eigenvalue weighted by Gasteiger charge is 2.31. The van der Waals surface area contributed by atoms with Gasteiger partial charge in [0.2, 0.25) is 5.91 Å². The number of rotatable bonds is 3. The molecule has 22 heavy (non-hydrogen) atoms. The number of nitrogens with one attached hydrogen (secondary N) is 1. The summed E-state index contributed by atoms with van der Waals surface area (Å²) >= 11 is 0. The molecule has 1 fully saturated rings. The van der Waals surface area contributed by atoms with Gasteiger partial charge < -0.3 is 5.32 Å². The number of sulfone groups is 1. The second kappa shape index (κ2) is 5.08. The highest BCUT2D eigenvalue weighted by molar-refractivity contribution is 7.91. The predicted octanol–water partition coefficient (Wildman–Crippen LogP) is -0.0575. The van der Waals surface area contributed by atoms with Crippen LogP contribution >= 0.6 is 0 Å². The molecule has 3 heterocycles. The zero-order chi connectivity index (χ0) is 16.1. The minimum absolute atomic E-state index is 0.0197. The molecule has 1 saturated heterocycles. The lowest BCUT2D eigenvalue weighted by Gasteiger charge is -2.16. The molecule has 8 nitrogen and oxygen atoms in total. The average Bonchev–Trinajstić information content (AvgIpc) is 3.07. The molecule has 2 atom stereocenters. The Labute approximate surface area is 128 Å². The van der Waals surface area contributed by atoms with Crippen LogP contribution in [-0.4, -0.2) is 51.4 Å². The maximum atomic E-state index is 12.4. The second-order valence-corrected chi connectivity index (χ2v) is 8.05. The van der Waals surface area contributed by atoms with Crippen LogP contribution in [0.5, 0.6) is 0 Å². The zero-order valence-electron chi connectivity index (χ0n) is 12.8. The Morgan fingerprint density at radius 3 is 2.86 bits per heavy atom. The highest BCUT2D eigenvalue weighted by atomic mass is 32.2. The van der Waals surface area contributed by atoms with Crippen molar-refractivity contribution in [3.8, 4) is 0 Å². The van der Waals surface area contributed by atoms with E-state index in [-0.39, 0.29) is 23.5 Å². The number of hydrogen-bond acceptors (Lipinski definition) is 5. The fraction of sp³-hybridized carbons (Fsp3) is 0.615. The number of aryl methyl sites for hydroxylation is 2. The Hall–Kier alpha value is -1.90. The van der Waals surface area contributed by atoms with Gasteiger partial charge in [-0.3, -0.25) is 9.48 Å². The van der Waals surface area contributed by atoms with Crippen molar-refractivity contribution in [2.24, 2.45) is 7.05 Å². The number of amides is 1. The Kier molecular flexibility index (Phi) is 3.47. The van der Waals surface area contributed by atoms with Crippen LogP contribution in [-0.2, 0) is 21.7 Å². The molecule has 2 aromatic rings. The summed E-state index contributed by atoms with van der Waals surface area (Å²) in [5.41, 5.74) is 2.49. The van der Waals surface area contributed by atoms with Crippen LogP contribution in [0.2, 0.25) is 0 Å². The molecule has 1 aliphatic heterocycles. The first-order valence-corrected chi connectivity index (χ1v) is 8.98. The van der Waals surface area contributed by atoms with Crippen molar-refractivity contribution in [1.82, 2.24) is 24.9 Å². The predicted molar refractivity (Wildman–Crippen MR) is 81.1 cm³/mol. The van der Waals surface area contributed by atoms with Crippen molar-refractivity contribution in [1.29, 1.82) is 0 Å². The Morgan fingerprint density at radius 2 is 2.23 bits per heavy atom. The summed E-state index contributed by atoms with van der Waals surface area (Å²) in [6.07, 6.45) is 2.15. The van der Waals surface area contributed by atoms with Crippen molar-refractivity contribution < 1.29 is 13.2 Å². The van der Waals surface area contributed by atoms with Crippen LogP contribution in [0.15, 0.2) is 6.20 Å². The van der Waals surface area contributed by atoms with E-state index in [1.54, 1.807) is 22.5 Å². The fourth-order valence-electron chi connectivity index (χ4n) is 2.90. The summed E-state index contributed by atoms with van der Waals surface area (Å²) in [5, 5.41) is 11.4. The quantitative estimate of drug-likeness (QED) is 0.852. The lowest BCUT2D eigenvalue weighted by Crippen LogP contribution is -2.39. The van der Waals surface area contributed by atoms with Crippen LogP contribution in [0, 0.1) is 6.92 Å². The van der Waals surface area contributed by atoms with Crippen molar-refractivity contribution in [2.75, 3.05) is 11.5 Å². The number of nitrogens with zero attached hydrogens (tertiary/aromatic N) is 4. The molecule has 0 bridgehead atoms. The molecule has 120 valence electrons. The number of carbonyl (C=O) groups excluding carboxylic acids is 1. The third-order valence-corrected chi connectivity index (χ3v) is 5.86. The lowest BCUT2D eigenvalue weighted by molar-refractivity contribution is -0.124. The van der Waals surface area contributed by atoms with Crippen LogP contribution < -0.4 is 5.32 Å². The minimum Gasteiger partial charge on any atom is -0.350 e. The van der Waals surface area contributed by atoms with E-state index < -0.39 is 15.9 Å². The minimum atomic E-state index is -3.01. The third kappa shape index (κ3) is 2.49. The van der Waals surface area contributed by atoms with E-state index >= 15 is 0 Å². The van der Waals surface area contributed by atoms with Crippen LogP contribution in [0.1, 0.15) is 25.1 Å². The molecule has 9 heteroatoms. The smallest absolute Gasteiger partial charge is 0.244 e. The molecule has 3 rings (SSSR count). The summed E-state index contributed by atoms with van der Waals surface area (Å²) in [7, 11) is -1.18. The Bertz CT molecular complexity index is 835. The largest absolute Gasteiger partial charge is 0.350 e. The maximum absolute atomic E-state index is 12.4. The van der Waals surface area contributed by atoms with Gasteiger partial charge in [-0.1, -0.05) is 0 Å². The molecular weight excluding hydrogens is 306 g/mol. The molecule has 0 unspecified atom stereocenters. The number of carbonyl (C=O) groups is 1. The molecule has 1 amide bonds. The van der Waals surface area contributed by atoms with Crippen molar-refractivity contribution in [3.63, 3.8) is 0 Å².